The molecular formula is C24H28N6O. The third-order valence-corrected chi connectivity index (χ3v) is 5.49. The molecule has 0 bridgehead atoms. The van der Waals surface area contributed by atoms with E-state index in [0.717, 1.165) is 29.0 Å². The van der Waals surface area contributed by atoms with Gasteiger partial charge in [-0.3, -0.25) is 14.8 Å². The van der Waals surface area contributed by atoms with Gasteiger partial charge in [0, 0.05) is 44.8 Å². The van der Waals surface area contributed by atoms with E-state index in [1.54, 1.807) is 11.1 Å². The Morgan fingerprint density at radius 1 is 1.06 bits per heavy atom. The van der Waals surface area contributed by atoms with Crippen LogP contribution in [0.15, 0.2) is 60.9 Å². The highest BCUT2D eigenvalue weighted by Crippen LogP contribution is 2.19. The second-order valence-corrected chi connectivity index (χ2v) is 8.01. The number of fused-ring (bicyclic) bond motifs is 1. The molecule has 0 spiro atoms. The van der Waals surface area contributed by atoms with Gasteiger partial charge in [-0.25, -0.2) is 4.98 Å². The van der Waals surface area contributed by atoms with E-state index >= 15 is 0 Å². The van der Waals surface area contributed by atoms with E-state index in [4.69, 9.17) is 4.98 Å². The van der Waals surface area contributed by atoms with Crippen molar-refractivity contribution in [2.75, 3.05) is 20.6 Å². The number of hydrogen-bond acceptors (Lipinski definition) is 4. The van der Waals surface area contributed by atoms with Crippen LogP contribution < -0.4 is 0 Å². The summed E-state index contributed by atoms with van der Waals surface area (Å²) in [7, 11) is 3.88. The maximum Gasteiger partial charge on any atom is 0.274 e. The molecule has 0 saturated heterocycles. The van der Waals surface area contributed by atoms with Gasteiger partial charge in [0.1, 0.15) is 5.65 Å². The standard InChI is InChI=1S/C24H28N6O/c1-18-8-7-14-30-21(17-28(2)16-20-11-13-25-27-20)22(26-23(18)30)24(31)29(3)15-12-19-9-5-4-6-10-19/h4-11,13-14H,12,15-17H2,1-3H3,(H,25,27). The average Bonchev–Trinajstić information content (AvgIpc) is 3.41. The number of likely N-dealkylation sites (N-methyl/N-ethyl adjacent to an activating group) is 1. The van der Waals surface area contributed by atoms with Crippen LogP contribution in [0.3, 0.4) is 0 Å². The summed E-state index contributed by atoms with van der Waals surface area (Å²) in [6, 6.07) is 16.2. The van der Waals surface area contributed by atoms with Crippen LogP contribution in [-0.2, 0) is 19.5 Å². The van der Waals surface area contributed by atoms with E-state index in [9.17, 15) is 4.79 Å². The van der Waals surface area contributed by atoms with Crippen LogP contribution in [0.2, 0.25) is 0 Å². The number of pyridine rings is 1. The van der Waals surface area contributed by atoms with Gasteiger partial charge in [0.05, 0.1) is 5.69 Å². The molecule has 3 heterocycles. The van der Waals surface area contributed by atoms with Crippen molar-refractivity contribution in [2.24, 2.45) is 0 Å². The van der Waals surface area contributed by atoms with Crippen LogP contribution in [0, 0.1) is 6.92 Å². The molecule has 31 heavy (non-hydrogen) atoms. The first-order valence-corrected chi connectivity index (χ1v) is 10.5. The van der Waals surface area contributed by atoms with Crippen LogP contribution in [0.5, 0.6) is 0 Å². The summed E-state index contributed by atoms with van der Waals surface area (Å²) in [6.45, 7) is 3.96. The number of carbonyl (C=O) groups is 1. The number of aryl methyl sites for hydroxylation is 1. The van der Waals surface area contributed by atoms with Crippen molar-refractivity contribution >= 4 is 11.6 Å². The summed E-state index contributed by atoms with van der Waals surface area (Å²) in [5.74, 6) is -0.0519. The molecule has 3 aromatic heterocycles. The zero-order valence-electron chi connectivity index (χ0n) is 18.2. The van der Waals surface area contributed by atoms with Gasteiger partial charge < -0.3 is 9.30 Å². The lowest BCUT2D eigenvalue weighted by Gasteiger charge is -2.19. The van der Waals surface area contributed by atoms with Gasteiger partial charge in [-0.15, -0.1) is 0 Å². The number of nitrogens with one attached hydrogen (secondary N) is 1. The fourth-order valence-electron chi connectivity index (χ4n) is 3.77. The number of H-pyrrole nitrogens is 1. The predicted octanol–water partition coefficient (Wildman–Crippen LogP) is 3.31. The second kappa shape index (κ2) is 9.14. The van der Waals surface area contributed by atoms with Crippen molar-refractivity contribution in [3.05, 3.63) is 89.1 Å². The summed E-state index contributed by atoms with van der Waals surface area (Å²) in [5, 5.41) is 7.01. The molecule has 0 aliphatic heterocycles. The maximum absolute atomic E-state index is 13.4. The van der Waals surface area contributed by atoms with Crippen molar-refractivity contribution in [1.82, 2.24) is 29.4 Å². The normalized spacial score (nSPS) is 11.4. The molecule has 0 aliphatic rings. The molecule has 0 saturated carbocycles. The highest BCUT2D eigenvalue weighted by atomic mass is 16.2. The summed E-state index contributed by atoms with van der Waals surface area (Å²) in [4.78, 5) is 22.1. The minimum Gasteiger partial charge on any atom is -0.340 e. The Bertz CT molecular complexity index is 1150. The van der Waals surface area contributed by atoms with Gasteiger partial charge in [-0.2, -0.15) is 5.10 Å². The van der Waals surface area contributed by atoms with Crippen molar-refractivity contribution in [1.29, 1.82) is 0 Å². The minimum absolute atomic E-state index is 0.0519. The van der Waals surface area contributed by atoms with Crippen molar-refractivity contribution in [3.63, 3.8) is 0 Å². The summed E-state index contributed by atoms with van der Waals surface area (Å²) < 4.78 is 2.04. The molecule has 1 aromatic carbocycles. The Balaban J connectivity index is 1.58. The Kier molecular flexibility index (Phi) is 6.13. The number of rotatable bonds is 8. The average molecular weight is 417 g/mol. The van der Waals surface area contributed by atoms with E-state index in [0.29, 0.717) is 25.3 Å². The van der Waals surface area contributed by atoms with Crippen LogP contribution in [0.4, 0.5) is 0 Å². The third-order valence-electron chi connectivity index (χ3n) is 5.49. The molecule has 1 N–H and O–H groups in total. The summed E-state index contributed by atoms with van der Waals surface area (Å²) in [5.41, 5.74) is 5.53. The fourth-order valence-corrected chi connectivity index (χ4v) is 3.77. The third kappa shape index (κ3) is 4.67. The van der Waals surface area contributed by atoms with E-state index in [-0.39, 0.29) is 5.91 Å². The highest BCUT2D eigenvalue weighted by molar-refractivity contribution is 5.94. The molecule has 1 amide bonds. The van der Waals surface area contributed by atoms with Gasteiger partial charge in [-0.05, 0) is 43.7 Å². The molecule has 0 radical (unpaired) electrons. The van der Waals surface area contributed by atoms with Gasteiger partial charge in [0.15, 0.2) is 5.69 Å². The lowest BCUT2D eigenvalue weighted by molar-refractivity contribution is 0.0789. The van der Waals surface area contributed by atoms with Gasteiger partial charge in [0.25, 0.3) is 5.91 Å². The fraction of sp³-hybridized carbons (Fsp3) is 0.292. The zero-order chi connectivity index (χ0) is 21.8. The lowest BCUT2D eigenvalue weighted by Crippen LogP contribution is -2.31. The van der Waals surface area contributed by atoms with E-state index < -0.39 is 0 Å². The Morgan fingerprint density at radius 3 is 2.61 bits per heavy atom. The number of nitrogens with zero attached hydrogens (tertiary/aromatic N) is 5. The SMILES string of the molecule is Cc1cccn2c(CN(C)Cc3ccn[nH]3)c(C(=O)N(C)CCc3ccccc3)nc12. The van der Waals surface area contributed by atoms with Gasteiger partial charge in [0.2, 0.25) is 0 Å². The topological polar surface area (TPSA) is 69.5 Å². The number of aromatic nitrogens is 4. The minimum atomic E-state index is -0.0519. The monoisotopic (exact) mass is 416 g/mol. The van der Waals surface area contributed by atoms with Crippen molar-refractivity contribution in [3.8, 4) is 0 Å². The van der Waals surface area contributed by atoms with Crippen molar-refractivity contribution < 1.29 is 4.79 Å². The molecule has 0 fully saturated rings. The Morgan fingerprint density at radius 2 is 1.87 bits per heavy atom. The number of hydrogen-bond donors (Lipinski definition) is 1. The molecular weight excluding hydrogens is 388 g/mol. The predicted molar refractivity (Wildman–Crippen MR) is 121 cm³/mol. The molecule has 0 aliphatic carbocycles. The number of benzene rings is 1. The highest BCUT2D eigenvalue weighted by Gasteiger charge is 2.23. The molecule has 4 aromatic rings. The number of amides is 1. The molecule has 0 unspecified atom stereocenters. The van der Waals surface area contributed by atoms with Crippen LogP contribution in [-0.4, -0.2) is 55.9 Å². The summed E-state index contributed by atoms with van der Waals surface area (Å²) in [6.07, 6.45) is 4.54. The lowest BCUT2D eigenvalue weighted by atomic mass is 10.1. The second-order valence-electron chi connectivity index (χ2n) is 8.01. The quantitative estimate of drug-likeness (QED) is 0.478. The maximum atomic E-state index is 13.4. The first kappa shape index (κ1) is 20.8. The number of imidazole rings is 1. The van der Waals surface area contributed by atoms with Crippen LogP contribution in [0.1, 0.15) is 33.0 Å². The van der Waals surface area contributed by atoms with E-state index in [1.165, 1.54) is 5.56 Å². The van der Waals surface area contributed by atoms with Crippen LogP contribution in [0.25, 0.3) is 5.65 Å². The molecule has 0 atom stereocenters. The largest absolute Gasteiger partial charge is 0.340 e. The van der Waals surface area contributed by atoms with E-state index in [2.05, 4.69) is 27.2 Å². The summed E-state index contributed by atoms with van der Waals surface area (Å²) >= 11 is 0. The zero-order valence-corrected chi connectivity index (χ0v) is 18.2. The molecule has 160 valence electrons. The Labute approximate surface area is 182 Å². The molecule has 7 heteroatoms. The Hall–Kier alpha value is -3.45. The van der Waals surface area contributed by atoms with Gasteiger partial charge in [-0.1, -0.05) is 36.4 Å². The first-order valence-electron chi connectivity index (χ1n) is 10.5. The first-order chi connectivity index (χ1) is 15.0. The van der Waals surface area contributed by atoms with E-state index in [1.807, 2.05) is 68.0 Å². The van der Waals surface area contributed by atoms with Crippen molar-refractivity contribution in [2.45, 2.75) is 26.4 Å². The smallest absolute Gasteiger partial charge is 0.274 e. The number of aromatic amines is 1. The van der Waals surface area contributed by atoms with Gasteiger partial charge >= 0.3 is 0 Å². The molecule has 7 nitrogen and oxygen atoms in total. The molecule has 4 rings (SSSR count). The number of carbonyl (C=O) groups excluding carboxylic acids is 1. The van der Waals surface area contributed by atoms with Crippen LogP contribution >= 0.6 is 0 Å².